The molecule has 0 aliphatic carbocycles. The van der Waals surface area contributed by atoms with Crippen LogP contribution >= 0.6 is 0 Å². The maximum absolute atomic E-state index is 3.70. The number of hydrogen-bond acceptors (Lipinski definition) is 0. The van der Waals surface area contributed by atoms with Gasteiger partial charge in [-0.3, -0.25) is 0 Å². The lowest BCUT2D eigenvalue weighted by molar-refractivity contribution is 0.747. The topological polar surface area (TPSA) is 0 Å². The molecule has 0 rings (SSSR count). The fourth-order valence-corrected chi connectivity index (χ4v) is 0.551. The molecule has 0 fully saturated rings. The van der Waals surface area contributed by atoms with Crippen molar-refractivity contribution in [3.05, 3.63) is 30.5 Å². The number of allylic oxidation sites excluding steroid dienone is 2. The second-order valence-electron chi connectivity index (χ2n) is 2.43. The van der Waals surface area contributed by atoms with Crippen LogP contribution in [0.25, 0.3) is 0 Å². The highest BCUT2D eigenvalue weighted by Crippen LogP contribution is 2.01. The van der Waals surface area contributed by atoms with Gasteiger partial charge >= 0.3 is 0 Å². The van der Waals surface area contributed by atoms with Crippen LogP contribution in [0.4, 0.5) is 0 Å². The van der Waals surface area contributed by atoms with Gasteiger partial charge in [0.2, 0.25) is 0 Å². The predicted molar refractivity (Wildman–Crippen MR) is 46.9 cm³/mol. The summed E-state index contributed by atoms with van der Waals surface area (Å²) in [7, 11) is 0. The van der Waals surface area contributed by atoms with Gasteiger partial charge in [0.25, 0.3) is 0 Å². The van der Waals surface area contributed by atoms with E-state index >= 15 is 0 Å². The van der Waals surface area contributed by atoms with Gasteiger partial charge in [-0.15, -0.1) is 12.3 Å². The molecule has 0 spiro atoms. The fourth-order valence-electron chi connectivity index (χ4n) is 0.551. The molecular weight excluding hydrogens is 120 g/mol. The summed E-state index contributed by atoms with van der Waals surface area (Å²) in [4.78, 5) is 0. The highest BCUT2D eigenvalue weighted by molar-refractivity contribution is 4.88. The Kier molecular flexibility index (Phi) is 5.91. The molecule has 0 amide bonds. The highest BCUT2D eigenvalue weighted by Gasteiger charge is 1.87. The zero-order chi connectivity index (χ0) is 7.82. The third-order valence-corrected chi connectivity index (χ3v) is 1.33. The summed E-state index contributed by atoms with van der Waals surface area (Å²) >= 11 is 0. The molecule has 0 N–H and O–H groups in total. The summed E-state index contributed by atoms with van der Waals surface area (Å²) < 4.78 is 0. The average Bonchev–Trinajstić information content (AvgIpc) is 1.98. The molecule has 0 aliphatic rings. The first-order valence-corrected chi connectivity index (χ1v) is 3.83. The van der Waals surface area contributed by atoms with Crippen LogP contribution in [-0.2, 0) is 0 Å². The van der Waals surface area contributed by atoms with Crippen molar-refractivity contribution in [1.29, 1.82) is 0 Å². The van der Waals surface area contributed by atoms with E-state index in [1.807, 2.05) is 12.2 Å². The van der Waals surface area contributed by atoms with Gasteiger partial charge in [0.05, 0.1) is 0 Å². The van der Waals surface area contributed by atoms with Crippen molar-refractivity contribution in [3.63, 3.8) is 0 Å². The molecule has 0 saturated heterocycles. The molecule has 1 unspecified atom stereocenters. The molecule has 0 saturated carbocycles. The van der Waals surface area contributed by atoms with Crippen LogP contribution in [0.1, 0.15) is 26.7 Å². The van der Waals surface area contributed by atoms with Crippen molar-refractivity contribution in [2.75, 3.05) is 0 Å². The Morgan fingerprint density at radius 2 is 2.20 bits per heavy atom. The SMILES string of the molecule is C=CC(C)CC=C=CCC. The average molecular weight is 136 g/mol. The summed E-state index contributed by atoms with van der Waals surface area (Å²) in [6.45, 7) is 7.96. The second kappa shape index (κ2) is 6.38. The van der Waals surface area contributed by atoms with E-state index in [4.69, 9.17) is 0 Å². The first kappa shape index (κ1) is 9.26. The van der Waals surface area contributed by atoms with E-state index in [2.05, 4.69) is 32.2 Å². The van der Waals surface area contributed by atoms with E-state index in [1.54, 1.807) is 0 Å². The third-order valence-electron chi connectivity index (χ3n) is 1.33. The van der Waals surface area contributed by atoms with E-state index in [0.717, 1.165) is 12.8 Å². The van der Waals surface area contributed by atoms with Gasteiger partial charge in [0.1, 0.15) is 0 Å². The van der Waals surface area contributed by atoms with Crippen LogP contribution in [0.2, 0.25) is 0 Å². The van der Waals surface area contributed by atoms with Crippen molar-refractivity contribution < 1.29 is 0 Å². The number of rotatable bonds is 4. The molecule has 0 aromatic heterocycles. The van der Waals surface area contributed by atoms with Crippen molar-refractivity contribution in [2.45, 2.75) is 26.7 Å². The molecule has 0 radical (unpaired) electrons. The molecule has 0 aliphatic heterocycles. The zero-order valence-corrected chi connectivity index (χ0v) is 6.93. The molecule has 0 nitrogen and oxygen atoms in total. The second-order valence-corrected chi connectivity index (χ2v) is 2.43. The van der Waals surface area contributed by atoms with Gasteiger partial charge in [0, 0.05) is 0 Å². The third kappa shape index (κ3) is 5.40. The Bertz CT molecular complexity index is 136. The van der Waals surface area contributed by atoms with Gasteiger partial charge in [-0.1, -0.05) is 19.9 Å². The van der Waals surface area contributed by atoms with Gasteiger partial charge in [-0.2, -0.15) is 0 Å². The van der Waals surface area contributed by atoms with E-state index in [0.29, 0.717) is 5.92 Å². The smallest absolute Gasteiger partial charge is 0.0214 e. The van der Waals surface area contributed by atoms with Crippen LogP contribution in [0.5, 0.6) is 0 Å². The van der Waals surface area contributed by atoms with Crippen LogP contribution in [0, 0.1) is 5.92 Å². The minimum atomic E-state index is 0.581. The largest absolute Gasteiger partial charge is 0.130 e. The van der Waals surface area contributed by atoms with Crippen LogP contribution in [0.3, 0.4) is 0 Å². The summed E-state index contributed by atoms with van der Waals surface area (Å²) in [5, 5.41) is 0. The monoisotopic (exact) mass is 136 g/mol. The van der Waals surface area contributed by atoms with Gasteiger partial charge in [-0.05, 0) is 30.9 Å². The lowest BCUT2D eigenvalue weighted by Gasteiger charge is -1.95. The summed E-state index contributed by atoms with van der Waals surface area (Å²) in [6.07, 6.45) is 8.19. The van der Waals surface area contributed by atoms with Crippen molar-refractivity contribution in [1.82, 2.24) is 0 Å². The molecule has 56 valence electrons. The lowest BCUT2D eigenvalue weighted by Crippen LogP contribution is -1.82. The molecule has 0 heterocycles. The van der Waals surface area contributed by atoms with Gasteiger partial charge < -0.3 is 0 Å². The molecule has 0 heteroatoms. The molecule has 0 aromatic rings. The maximum atomic E-state index is 3.70. The Morgan fingerprint density at radius 3 is 2.70 bits per heavy atom. The van der Waals surface area contributed by atoms with Crippen molar-refractivity contribution in [3.8, 4) is 0 Å². The summed E-state index contributed by atoms with van der Waals surface area (Å²) in [6, 6.07) is 0. The summed E-state index contributed by atoms with van der Waals surface area (Å²) in [5.74, 6) is 0.581. The normalized spacial score (nSPS) is 11.4. The zero-order valence-electron chi connectivity index (χ0n) is 6.93. The minimum absolute atomic E-state index is 0.581. The predicted octanol–water partition coefficient (Wildman–Crippen LogP) is 3.32. The van der Waals surface area contributed by atoms with Crippen LogP contribution in [0.15, 0.2) is 30.5 Å². The van der Waals surface area contributed by atoms with Crippen molar-refractivity contribution >= 4 is 0 Å². The first-order chi connectivity index (χ1) is 4.81. The van der Waals surface area contributed by atoms with E-state index in [9.17, 15) is 0 Å². The summed E-state index contributed by atoms with van der Waals surface area (Å²) in [5.41, 5.74) is 3.10. The first-order valence-electron chi connectivity index (χ1n) is 3.83. The van der Waals surface area contributed by atoms with Crippen LogP contribution in [-0.4, -0.2) is 0 Å². The Labute approximate surface area is 64.0 Å². The molecule has 1 atom stereocenters. The maximum Gasteiger partial charge on any atom is -0.0214 e. The molecular formula is C10H16. The van der Waals surface area contributed by atoms with Gasteiger partial charge in [0.15, 0.2) is 0 Å². The quantitative estimate of drug-likeness (QED) is 0.411. The Morgan fingerprint density at radius 1 is 1.50 bits per heavy atom. The number of hydrogen-bond donors (Lipinski definition) is 0. The Hall–Kier alpha value is -0.740. The molecule has 0 bridgehead atoms. The lowest BCUT2D eigenvalue weighted by atomic mass is 10.1. The standard InChI is InChI=1S/C10H16/c1-4-6-7-8-9-10(3)5-2/h5-6,8,10H,2,4,9H2,1,3H3. The van der Waals surface area contributed by atoms with Crippen LogP contribution < -0.4 is 0 Å². The fraction of sp³-hybridized carbons (Fsp3) is 0.500. The van der Waals surface area contributed by atoms with Gasteiger partial charge in [-0.25, -0.2) is 0 Å². The van der Waals surface area contributed by atoms with E-state index in [1.165, 1.54) is 0 Å². The molecule has 10 heavy (non-hydrogen) atoms. The van der Waals surface area contributed by atoms with E-state index < -0.39 is 0 Å². The Balaban J connectivity index is 3.51. The van der Waals surface area contributed by atoms with E-state index in [-0.39, 0.29) is 0 Å². The highest BCUT2D eigenvalue weighted by atomic mass is 13.9. The molecule has 0 aromatic carbocycles. The minimum Gasteiger partial charge on any atom is -0.130 e. The van der Waals surface area contributed by atoms with Crippen molar-refractivity contribution in [2.24, 2.45) is 5.92 Å².